The summed E-state index contributed by atoms with van der Waals surface area (Å²) in [4.78, 5) is 87.3. The van der Waals surface area contributed by atoms with Crippen molar-refractivity contribution in [2.45, 2.75) is 13.8 Å². The van der Waals surface area contributed by atoms with Gasteiger partial charge in [-0.15, -0.1) is 0 Å². The third-order valence-electron chi connectivity index (χ3n) is 1.64. The minimum Gasteiger partial charge on any atom is -0.303 e. The Kier molecular flexibility index (Phi) is 9.71. The second-order valence-electron chi connectivity index (χ2n) is 3.71. The molecule has 0 aliphatic carbocycles. The lowest BCUT2D eigenvalue weighted by atomic mass is 10.5. The molecule has 6 N–H and O–H groups in total. The van der Waals surface area contributed by atoms with E-state index in [1.807, 2.05) is 0 Å². The first-order chi connectivity index (χ1) is 10.4. The van der Waals surface area contributed by atoms with Gasteiger partial charge in [0.15, 0.2) is 0 Å². The fourth-order valence-corrected chi connectivity index (χ4v) is 1.01. The van der Waals surface area contributed by atoms with Gasteiger partial charge in [-0.25, -0.2) is 18.5 Å². The van der Waals surface area contributed by atoms with E-state index in [-0.39, 0.29) is 0 Å². The highest BCUT2D eigenvalue weighted by Gasteiger charge is 2.10. The average Bonchev–Trinajstić information content (AvgIpc) is 2.22. The maximum atomic E-state index is 11.4. The first-order valence-electron chi connectivity index (χ1n) is 5.38. The minimum atomic E-state index is -4.64. The van der Waals surface area contributed by atoms with Crippen molar-refractivity contribution in [3.05, 3.63) is 33.1 Å². The average molecular weight is 392 g/mol. The van der Waals surface area contributed by atoms with E-state index in [9.17, 15) is 19.2 Å². The number of hydrogen-bond acceptors (Lipinski definition) is 6. The van der Waals surface area contributed by atoms with Crippen molar-refractivity contribution in [2.75, 3.05) is 0 Å². The first-order valence-corrected chi connectivity index (χ1v) is 8.51. The second kappa shape index (κ2) is 9.52. The van der Waals surface area contributed by atoms with Crippen LogP contribution in [0.25, 0.3) is 0 Å². The molecule has 0 saturated heterocycles. The van der Waals surface area contributed by atoms with Crippen LogP contribution in [0.2, 0.25) is 0 Å². The topological polar surface area (TPSA) is 234 Å². The van der Waals surface area contributed by atoms with Crippen molar-refractivity contribution >= 4 is 27.5 Å². The number of phosphoric acid groups is 2. The zero-order valence-electron chi connectivity index (χ0n) is 12.1. The summed E-state index contributed by atoms with van der Waals surface area (Å²) >= 11 is 0. The largest absolute Gasteiger partial charge is 0.466 e. The molecule has 0 aromatic carbocycles. The molecule has 0 fully saturated rings. The van der Waals surface area contributed by atoms with Gasteiger partial charge in [-0.3, -0.25) is 14.4 Å². The van der Waals surface area contributed by atoms with Gasteiger partial charge in [0.25, 0.3) is 5.56 Å². The summed E-state index contributed by atoms with van der Waals surface area (Å²) in [5.41, 5.74) is -1.67. The van der Waals surface area contributed by atoms with Crippen LogP contribution >= 0.6 is 15.6 Å². The second-order valence-corrected chi connectivity index (χ2v) is 5.76. The fraction of sp³-hybridized carbons (Fsp3) is 0.250. The molecule has 1 aromatic rings. The van der Waals surface area contributed by atoms with Gasteiger partial charge in [-0.2, -0.15) is 4.57 Å². The van der Waals surface area contributed by atoms with Crippen molar-refractivity contribution in [3.8, 4) is 0 Å². The smallest absolute Gasteiger partial charge is 0.303 e. The third kappa shape index (κ3) is 13.9. The monoisotopic (exact) mass is 392 g/mol. The molecule has 0 unspecified atom stereocenters. The molecule has 24 heavy (non-hydrogen) atoms. The van der Waals surface area contributed by atoms with Crippen molar-refractivity contribution in [3.63, 3.8) is 0 Å². The number of carbonyl (C=O) groups excluding carboxylic acids is 2. The van der Waals surface area contributed by atoms with E-state index in [4.69, 9.17) is 38.5 Å². The Morgan fingerprint density at radius 1 is 0.875 bits per heavy atom. The van der Waals surface area contributed by atoms with Crippen LogP contribution in [-0.4, -0.2) is 50.3 Å². The lowest BCUT2D eigenvalue weighted by Crippen LogP contribution is -2.43. The van der Waals surface area contributed by atoms with Crippen LogP contribution in [0, 0.1) is 0 Å². The quantitative estimate of drug-likeness (QED) is 0.251. The summed E-state index contributed by atoms with van der Waals surface area (Å²) in [5.74, 6) is -1.26. The van der Waals surface area contributed by atoms with Crippen molar-refractivity contribution in [2.24, 2.45) is 0 Å². The van der Waals surface area contributed by atoms with Crippen LogP contribution in [-0.2, 0) is 9.13 Å². The third-order valence-corrected chi connectivity index (χ3v) is 1.64. The summed E-state index contributed by atoms with van der Waals surface area (Å²) in [6.07, 6.45) is 1.05. The lowest BCUT2D eigenvalue weighted by molar-refractivity contribution is 0.0907. The predicted octanol–water partition coefficient (Wildman–Crippen LogP) is -2.53. The zero-order valence-corrected chi connectivity index (χ0v) is 13.9. The number of nitrogens with zero attached hydrogens (tertiary/aromatic N) is 2. The molecule has 0 amide bonds. The number of carbonyl (C=O) groups is 2. The molecule has 138 valence electrons. The summed E-state index contributed by atoms with van der Waals surface area (Å²) < 4.78 is 18.9. The van der Waals surface area contributed by atoms with Crippen LogP contribution < -0.4 is 11.2 Å². The van der Waals surface area contributed by atoms with E-state index in [0.29, 0.717) is 9.13 Å². The SMILES string of the molecule is CC(=O)n1ccc(=O)n(C(C)=O)c1=O.O=P(O)(O)O.O=P(O)(O)O. The van der Waals surface area contributed by atoms with Crippen LogP contribution in [0.4, 0.5) is 0 Å². The molecular formula is C8H14N2O12P2. The lowest BCUT2D eigenvalue weighted by Gasteiger charge is -2.02. The van der Waals surface area contributed by atoms with Gasteiger partial charge >= 0.3 is 21.3 Å². The molecule has 0 aliphatic rings. The van der Waals surface area contributed by atoms with E-state index in [1.54, 1.807) is 0 Å². The van der Waals surface area contributed by atoms with Gasteiger partial charge in [0.1, 0.15) is 0 Å². The standard InChI is InChI=1S/C8H8N2O4.2H3O4P/c1-5(11)9-4-3-7(13)10(6(2)12)8(9)14;2*1-5(2,3)4/h3-4H,1-2H3;2*(H3,1,2,3,4). The Morgan fingerprint density at radius 2 is 1.21 bits per heavy atom. The van der Waals surface area contributed by atoms with E-state index in [0.717, 1.165) is 26.1 Å². The molecule has 0 radical (unpaired) electrons. The molecule has 1 rings (SSSR count). The van der Waals surface area contributed by atoms with Crippen molar-refractivity contribution < 1.29 is 48.1 Å². The summed E-state index contributed by atoms with van der Waals surface area (Å²) in [5, 5.41) is 0. The Labute approximate surface area is 132 Å². The number of hydrogen-bond donors (Lipinski definition) is 6. The van der Waals surface area contributed by atoms with Crippen LogP contribution in [0.15, 0.2) is 21.9 Å². The van der Waals surface area contributed by atoms with E-state index < -0.39 is 38.7 Å². The van der Waals surface area contributed by atoms with E-state index in [2.05, 4.69) is 0 Å². The molecule has 0 saturated carbocycles. The van der Waals surface area contributed by atoms with Gasteiger partial charge in [-0.05, 0) is 0 Å². The summed E-state index contributed by atoms with van der Waals surface area (Å²) in [7, 11) is -9.28. The van der Waals surface area contributed by atoms with Crippen molar-refractivity contribution in [1.29, 1.82) is 0 Å². The molecule has 0 spiro atoms. The van der Waals surface area contributed by atoms with E-state index in [1.165, 1.54) is 0 Å². The Hall–Kier alpha value is -1.76. The highest BCUT2D eigenvalue weighted by Crippen LogP contribution is 2.26. The normalized spacial score (nSPS) is 10.7. The molecule has 14 nitrogen and oxygen atoms in total. The van der Waals surface area contributed by atoms with Crippen LogP contribution in [0.3, 0.4) is 0 Å². The minimum absolute atomic E-state index is 0.404. The van der Waals surface area contributed by atoms with Gasteiger partial charge < -0.3 is 29.4 Å². The Morgan fingerprint density at radius 3 is 1.46 bits per heavy atom. The number of rotatable bonds is 0. The van der Waals surface area contributed by atoms with Crippen molar-refractivity contribution in [1.82, 2.24) is 9.13 Å². The zero-order chi connectivity index (χ0) is 19.9. The van der Waals surface area contributed by atoms with Crippen LogP contribution in [0.1, 0.15) is 23.4 Å². The van der Waals surface area contributed by atoms with E-state index >= 15 is 0 Å². The van der Waals surface area contributed by atoms with Gasteiger partial charge in [0.2, 0.25) is 11.8 Å². The maximum Gasteiger partial charge on any atom is 0.466 e. The summed E-state index contributed by atoms with van der Waals surface area (Å²) in [6, 6.07) is 0.990. The van der Waals surface area contributed by atoms with Crippen LogP contribution in [0.5, 0.6) is 0 Å². The first kappa shape index (κ1) is 24.5. The highest BCUT2D eigenvalue weighted by molar-refractivity contribution is 7.45. The summed E-state index contributed by atoms with van der Waals surface area (Å²) in [6.45, 7) is 2.24. The maximum absolute atomic E-state index is 11.4. The Balaban J connectivity index is 0. The van der Waals surface area contributed by atoms with Gasteiger partial charge in [-0.1, -0.05) is 0 Å². The molecule has 1 heterocycles. The highest BCUT2D eigenvalue weighted by atomic mass is 31.2. The Bertz CT molecular complexity index is 759. The number of aromatic nitrogens is 2. The molecule has 0 atom stereocenters. The van der Waals surface area contributed by atoms with Gasteiger partial charge in [0, 0.05) is 26.1 Å². The van der Waals surface area contributed by atoms with Gasteiger partial charge in [0.05, 0.1) is 0 Å². The molecular weight excluding hydrogens is 378 g/mol. The molecule has 0 bridgehead atoms. The molecule has 16 heteroatoms. The predicted molar refractivity (Wildman–Crippen MR) is 76.1 cm³/mol. The fourth-order valence-electron chi connectivity index (χ4n) is 1.01. The molecule has 1 aromatic heterocycles. The molecule has 0 aliphatic heterocycles.